The molecule has 11 nitrogen and oxygen atoms in total. The number of carboxylic acid groups (broad SMARTS) is 2. The van der Waals surface area contributed by atoms with Crippen LogP contribution in [0.15, 0.2) is 55.9 Å². The monoisotopic (exact) mass is 813 g/mol. The van der Waals surface area contributed by atoms with Crippen LogP contribution in [0.1, 0.15) is 70.2 Å². The Bertz CT molecular complexity index is 1660. The van der Waals surface area contributed by atoms with Crippen LogP contribution in [0.2, 0.25) is 0 Å². The van der Waals surface area contributed by atoms with Crippen molar-refractivity contribution in [3.8, 4) is 0 Å². The number of hydrogen-bond acceptors (Lipinski definition) is 6. The van der Waals surface area contributed by atoms with E-state index in [0.29, 0.717) is 24.7 Å². The molecule has 0 fully saturated rings. The normalized spacial score (nSPS) is 13.0. The molecule has 0 bridgehead atoms. The molecule has 1 aliphatic heterocycles. The first-order valence-electron chi connectivity index (χ1n) is 11.3. The summed E-state index contributed by atoms with van der Waals surface area (Å²) >= 11 is 13.1. The van der Waals surface area contributed by atoms with Crippen LogP contribution in [0.5, 0.6) is 0 Å². The summed E-state index contributed by atoms with van der Waals surface area (Å²) in [4.78, 5) is 74.0. The van der Waals surface area contributed by atoms with Crippen LogP contribution < -0.4 is 10.6 Å². The summed E-state index contributed by atoms with van der Waals surface area (Å²) in [6, 6.07) is 8.97. The summed E-state index contributed by atoms with van der Waals surface area (Å²) in [6.45, 7) is 1.57. The number of imide groups is 1. The average Bonchev–Trinajstić information content (AvgIpc) is 3.15. The molecule has 4 N–H and O–H groups in total. The van der Waals surface area contributed by atoms with Crippen LogP contribution in [0.3, 0.4) is 0 Å². The Morgan fingerprint density at radius 1 is 0.732 bits per heavy atom. The smallest absolute Gasteiger partial charge is 0.335 e. The van der Waals surface area contributed by atoms with Gasteiger partial charge in [0.2, 0.25) is 5.91 Å². The number of anilines is 2. The highest BCUT2D eigenvalue weighted by molar-refractivity contribution is 9.14. The number of carbonyl (C=O) groups is 6. The first-order valence-corrected chi connectivity index (χ1v) is 14.4. The quantitative estimate of drug-likeness (QED) is 0.123. The third-order valence-corrected chi connectivity index (χ3v) is 10.2. The standard InChI is InChI=1S/C26H15Br4N3O8/c1-9(15-16-17(19(28)20(29)18(15)27)24(37)33(30)23(16)36)21(34)31-13-4-2-10(3-5-13)22(35)32-14-7-11(25(38)39)6-12(8-14)26(40)41/h2-9H,1H3,(H,31,34)(H,32,35)(H,38,39)(H,40,41). The zero-order chi connectivity index (χ0) is 30.3. The third-order valence-electron chi connectivity index (χ3n) is 6.07. The molecular weight excluding hydrogens is 802 g/mol. The molecule has 4 amide bonds. The van der Waals surface area contributed by atoms with Gasteiger partial charge in [-0.25, -0.2) is 13.5 Å². The summed E-state index contributed by atoms with van der Waals surface area (Å²) in [5.74, 6) is -5.95. The number of amides is 4. The molecular formula is C26H15Br4N3O8. The maximum absolute atomic E-state index is 13.2. The summed E-state index contributed by atoms with van der Waals surface area (Å²) < 4.78 is 2.02. The van der Waals surface area contributed by atoms with E-state index in [1.807, 2.05) is 0 Å². The van der Waals surface area contributed by atoms with Crippen LogP contribution in [-0.4, -0.2) is 49.7 Å². The lowest BCUT2D eigenvalue weighted by Crippen LogP contribution is -2.22. The molecule has 41 heavy (non-hydrogen) atoms. The Kier molecular flexibility index (Phi) is 8.82. The fourth-order valence-corrected chi connectivity index (χ4v) is 6.37. The molecule has 0 saturated heterocycles. The summed E-state index contributed by atoms with van der Waals surface area (Å²) in [7, 11) is 0. The second kappa shape index (κ2) is 11.8. The second-order valence-electron chi connectivity index (χ2n) is 8.65. The van der Waals surface area contributed by atoms with Gasteiger partial charge < -0.3 is 20.8 Å². The molecule has 1 atom stereocenters. The number of hydrogen-bond donors (Lipinski definition) is 4. The molecule has 0 radical (unpaired) electrons. The molecule has 0 spiro atoms. The Labute approximate surface area is 265 Å². The number of rotatable bonds is 7. The first kappa shape index (κ1) is 30.6. The molecule has 3 aromatic carbocycles. The van der Waals surface area contributed by atoms with E-state index in [0.717, 1.165) is 22.1 Å². The zero-order valence-electron chi connectivity index (χ0n) is 20.4. The number of halogens is 4. The van der Waals surface area contributed by atoms with Gasteiger partial charge in [-0.15, -0.1) is 0 Å². The molecule has 0 aromatic heterocycles. The molecule has 0 saturated carbocycles. The number of fused-ring (bicyclic) bond motifs is 1. The SMILES string of the molecule is CC(C(=O)Nc1ccc(C(=O)Nc2cc(C(=O)O)cc(C(=O)O)c2)cc1)c1c(Br)c(Br)c(Br)c2c1C(=O)N(Br)C2=O. The van der Waals surface area contributed by atoms with Crippen LogP contribution in [0.4, 0.5) is 11.4 Å². The molecule has 210 valence electrons. The topological polar surface area (TPSA) is 170 Å². The van der Waals surface area contributed by atoms with Crippen molar-refractivity contribution in [2.24, 2.45) is 0 Å². The van der Waals surface area contributed by atoms with Crippen molar-refractivity contribution < 1.29 is 39.0 Å². The minimum absolute atomic E-state index is 0.0210. The highest BCUT2D eigenvalue weighted by Gasteiger charge is 2.42. The van der Waals surface area contributed by atoms with E-state index >= 15 is 0 Å². The second-order valence-corrected chi connectivity index (χ2v) is 11.7. The van der Waals surface area contributed by atoms with Gasteiger partial charge in [0.05, 0.1) is 44.3 Å². The van der Waals surface area contributed by atoms with Gasteiger partial charge in [-0.1, -0.05) is 0 Å². The lowest BCUT2D eigenvalue weighted by molar-refractivity contribution is -0.117. The van der Waals surface area contributed by atoms with Crippen molar-refractivity contribution in [2.75, 3.05) is 10.6 Å². The van der Waals surface area contributed by atoms with Gasteiger partial charge in [0, 0.05) is 30.4 Å². The molecule has 1 unspecified atom stereocenters. The van der Waals surface area contributed by atoms with Crippen molar-refractivity contribution in [3.05, 3.63) is 89.3 Å². The Morgan fingerprint density at radius 2 is 1.27 bits per heavy atom. The highest BCUT2D eigenvalue weighted by Crippen LogP contribution is 2.46. The number of benzene rings is 3. The van der Waals surface area contributed by atoms with Gasteiger partial charge in [0.25, 0.3) is 17.7 Å². The third kappa shape index (κ3) is 5.84. The van der Waals surface area contributed by atoms with Crippen molar-refractivity contribution in [1.29, 1.82) is 0 Å². The van der Waals surface area contributed by atoms with Gasteiger partial charge in [0.15, 0.2) is 0 Å². The fraction of sp³-hybridized carbons (Fsp3) is 0.0769. The average molecular weight is 817 g/mol. The van der Waals surface area contributed by atoms with Crippen molar-refractivity contribution in [2.45, 2.75) is 12.8 Å². The Morgan fingerprint density at radius 3 is 1.80 bits per heavy atom. The van der Waals surface area contributed by atoms with Gasteiger partial charge in [-0.2, -0.15) is 0 Å². The van der Waals surface area contributed by atoms with E-state index in [2.05, 4.69) is 74.6 Å². The van der Waals surface area contributed by atoms with E-state index in [9.17, 15) is 39.0 Å². The zero-order valence-corrected chi connectivity index (χ0v) is 26.8. The van der Waals surface area contributed by atoms with E-state index in [4.69, 9.17) is 0 Å². The van der Waals surface area contributed by atoms with Gasteiger partial charge in [-0.05, 0) is 103 Å². The first-order chi connectivity index (χ1) is 19.2. The predicted molar refractivity (Wildman–Crippen MR) is 161 cm³/mol. The Balaban J connectivity index is 1.54. The van der Waals surface area contributed by atoms with Crippen LogP contribution in [-0.2, 0) is 4.79 Å². The maximum atomic E-state index is 13.2. The summed E-state index contributed by atoms with van der Waals surface area (Å²) in [5, 5.41) is 23.6. The Hall–Kier alpha value is -3.40. The number of carboxylic acids is 2. The lowest BCUT2D eigenvalue weighted by Gasteiger charge is -2.19. The van der Waals surface area contributed by atoms with E-state index in [-0.39, 0.29) is 33.5 Å². The van der Waals surface area contributed by atoms with Gasteiger partial charge in [-0.3, -0.25) is 19.2 Å². The number of carbonyl (C=O) groups excluding carboxylic acids is 4. The minimum atomic E-state index is -1.36. The number of nitrogens with zero attached hydrogens (tertiary/aromatic N) is 1. The molecule has 15 heteroatoms. The van der Waals surface area contributed by atoms with Gasteiger partial charge >= 0.3 is 11.9 Å². The van der Waals surface area contributed by atoms with E-state index in [1.54, 1.807) is 6.92 Å². The van der Waals surface area contributed by atoms with Crippen molar-refractivity contribution in [1.82, 2.24) is 3.93 Å². The maximum Gasteiger partial charge on any atom is 0.335 e. The largest absolute Gasteiger partial charge is 0.478 e. The molecule has 1 heterocycles. The lowest BCUT2D eigenvalue weighted by atomic mass is 9.92. The number of aromatic carboxylic acids is 2. The molecule has 1 aliphatic rings. The number of nitrogens with one attached hydrogen (secondary N) is 2. The van der Waals surface area contributed by atoms with Crippen molar-refractivity contribution >= 4 is 111 Å². The highest BCUT2D eigenvalue weighted by atomic mass is 79.9. The van der Waals surface area contributed by atoms with Crippen molar-refractivity contribution in [3.63, 3.8) is 0 Å². The minimum Gasteiger partial charge on any atom is -0.478 e. The summed E-state index contributed by atoms with van der Waals surface area (Å²) in [6.07, 6.45) is 0. The van der Waals surface area contributed by atoms with E-state index < -0.39 is 41.5 Å². The van der Waals surface area contributed by atoms with Crippen LogP contribution in [0, 0.1) is 0 Å². The van der Waals surface area contributed by atoms with Gasteiger partial charge in [0.1, 0.15) is 0 Å². The van der Waals surface area contributed by atoms with E-state index in [1.165, 1.54) is 24.3 Å². The van der Waals surface area contributed by atoms with Crippen LogP contribution in [0.25, 0.3) is 0 Å². The predicted octanol–water partition coefficient (Wildman–Crippen LogP) is 6.27. The molecule has 4 rings (SSSR count). The molecule has 0 aliphatic carbocycles. The molecule has 3 aromatic rings. The van der Waals surface area contributed by atoms with Crippen LogP contribution >= 0.6 is 63.9 Å². The summed E-state index contributed by atoms with van der Waals surface area (Å²) in [5.41, 5.74) is 0.314. The fourth-order valence-electron chi connectivity index (χ4n) is 4.03.